The van der Waals surface area contributed by atoms with E-state index >= 15 is 0 Å². The minimum absolute atomic E-state index is 0. The van der Waals surface area contributed by atoms with Crippen LogP contribution in [-0.4, -0.2) is 69.1 Å². The van der Waals surface area contributed by atoms with Gasteiger partial charge in [0.15, 0.2) is 0 Å². The van der Waals surface area contributed by atoms with Crippen molar-refractivity contribution in [3.05, 3.63) is 0 Å². The Morgan fingerprint density at radius 3 is 2.50 bits per heavy atom. The molecule has 2 rings (SSSR count). The highest BCUT2D eigenvalue weighted by atomic mass is 35.5. The van der Waals surface area contributed by atoms with Crippen LogP contribution < -0.4 is 5.32 Å². The zero-order valence-electron chi connectivity index (χ0n) is 11.9. The van der Waals surface area contributed by atoms with Crippen molar-refractivity contribution >= 4 is 28.3 Å². The number of carbonyl (C=O) groups is 1. The Morgan fingerprint density at radius 2 is 1.90 bits per heavy atom. The summed E-state index contributed by atoms with van der Waals surface area (Å²) in [6, 6.07) is 0. The number of nitrogens with zero attached hydrogens (tertiary/aromatic N) is 2. The van der Waals surface area contributed by atoms with Crippen molar-refractivity contribution in [1.29, 1.82) is 0 Å². The number of carbonyl (C=O) groups excluding carboxylic acids is 1. The lowest BCUT2D eigenvalue weighted by Crippen LogP contribution is -2.44. The molecular weight excluding hydrogens is 302 g/mol. The van der Waals surface area contributed by atoms with Gasteiger partial charge in [-0.1, -0.05) is 0 Å². The van der Waals surface area contributed by atoms with E-state index in [-0.39, 0.29) is 24.2 Å². The molecule has 8 heteroatoms. The first kappa shape index (κ1) is 17.7. The highest BCUT2D eigenvalue weighted by molar-refractivity contribution is 7.88. The number of rotatable bonds is 2. The summed E-state index contributed by atoms with van der Waals surface area (Å²) in [6.07, 6.45) is 3.94. The van der Waals surface area contributed by atoms with Gasteiger partial charge in [0.05, 0.1) is 12.2 Å². The molecule has 0 aromatic heterocycles. The molecule has 2 aliphatic heterocycles. The molecule has 1 amide bonds. The van der Waals surface area contributed by atoms with E-state index in [1.807, 2.05) is 4.90 Å². The van der Waals surface area contributed by atoms with Crippen molar-refractivity contribution in [2.75, 3.05) is 45.5 Å². The maximum Gasteiger partial charge on any atom is 0.227 e. The monoisotopic (exact) mass is 325 g/mol. The van der Waals surface area contributed by atoms with Crippen LogP contribution in [0.4, 0.5) is 0 Å². The number of sulfonamides is 1. The van der Waals surface area contributed by atoms with E-state index in [4.69, 9.17) is 0 Å². The predicted molar refractivity (Wildman–Crippen MR) is 80.5 cm³/mol. The average molecular weight is 326 g/mol. The van der Waals surface area contributed by atoms with Gasteiger partial charge in [0.2, 0.25) is 15.9 Å². The van der Waals surface area contributed by atoms with E-state index in [1.165, 1.54) is 10.6 Å². The first-order valence-electron chi connectivity index (χ1n) is 6.93. The second-order valence-corrected chi connectivity index (χ2v) is 7.37. The van der Waals surface area contributed by atoms with Crippen molar-refractivity contribution in [2.45, 2.75) is 19.3 Å². The van der Waals surface area contributed by atoms with E-state index in [0.717, 1.165) is 32.4 Å². The average Bonchev–Trinajstić information content (AvgIpc) is 2.64. The lowest BCUT2D eigenvalue weighted by atomic mass is 9.98. The number of amides is 1. The number of hydrogen-bond acceptors (Lipinski definition) is 4. The third-order valence-corrected chi connectivity index (χ3v) is 5.18. The third-order valence-electron chi connectivity index (χ3n) is 3.88. The Balaban J connectivity index is 0.00000200. The Kier molecular flexibility index (Phi) is 6.71. The van der Waals surface area contributed by atoms with Crippen molar-refractivity contribution in [3.8, 4) is 0 Å². The SMILES string of the molecule is CS(=O)(=O)N1CCCN(C(=O)C2CCCNC2)CC1.Cl. The molecule has 2 saturated heterocycles. The number of halogens is 1. The van der Waals surface area contributed by atoms with Crippen LogP contribution in [0, 0.1) is 5.92 Å². The molecule has 1 unspecified atom stereocenters. The molecule has 20 heavy (non-hydrogen) atoms. The Morgan fingerprint density at radius 1 is 1.15 bits per heavy atom. The fourth-order valence-corrected chi connectivity index (χ4v) is 3.64. The van der Waals surface area contributed by atoms with E-state index in [0.29, 0.717) is 26.2 Å². The summed E-state index contributed by atoms with van der Waals surface area (Å²) in [4.78, 5) is 14.2. The van der Waals surface area contributed by atoms with Gasteiger partial charge in [-0.2, -0.15) is 0 Å². The molecule has 0 radical (unpaired) electrons. The van der Waals surface area contributed by atoms with Gasteiger partial charge in [-0.15, -0.1) is 12.4 Å². The lowest BCUT2D eigenvalue weighted by molar-refractivity contribution is -0.135. The standard InChI is InChI=1S/C12H23N3O3S.ClH/c1-19(17,18)15-7-3-6-14(8-9-15)12(16)11-4-2-5-13-10-11;/h11,13H,2-10H2,1H3;1H. The smallest absolute Gasteiger partial charge is 0.227 e. The van der Waals surface area contributed by atoms with Crippen molar-refractivity contribution in [1.82, 2.24) is 14.5 Å². The van der Waals surface area contributed by atoms with E-state index in [2.05, 4.69) is 5.32 Å². The highest BCUT2D eigenvalue weighted by Crippen LogP contribution is 2.15. The maximum absolute atomic E-state index is 12.4. The van der Waals surface area contributed by atoms with Crippen LogP contribution in [0.25, 0.3) is 0 Å². The van der Waals surface area contributed by atoms with Gasteiger partial charge in [-0.3, -0.25) is 4.79 Å². The van der Waals surface area contributed by atoms with Crippen molar-refractivity contribution < 1.29 is 13.2 Å². The molecule has 0 aromatic rings. The molecule has 0 spiro atoms. The molecular formula is C12H24ClN3O3S. The summed E-state index contributed by atoms with van der Waals surface area (Å²) in [6.45, 7) is 3.87. The molecule has 0 aromatic carbocycles. The zero-order valence-corrected chi connectivity index (χ0v) is 13.5. The lowest BCUT2D eigenvalue weighted by Gasteiger charge is -2.28. The molecule has 0 saturated carbocycles. The maximum atomic E-state index is 12.4. The van der Waals surface area contributed by atoms with E-state index in [9.17, 15) is 13.2 Å². The fourth-order valence-electron chi connectivity index (χ4n) is 2.77. The molecule has 6 nitrogen and oxygen atoms in total. The Labute approximate surface area is 127 Å². The van der Waals surface area contributed by atoms with Gasteiger partial charge < -0.3 is 10.2 Å². The first-order chi connectivity index (χ1) is 8.98. The van der Waals surface area contributed by atoms with Crippen molar-refractivity contribution in [2.24, 2.45) is 5.92 Å². The van der Waals surface area contributed by atoms with Gasteiger partial charge in [-0.05, 0) is 25.8 Å². The minimum Gasteiger partial charge on any atom is -0.341 e. The summed E-state index contributed by atoms with van der Waals surface area (Å²) in [5, 5.41) is 3.25. The minimum atomic E-state index is -3.14. The number of piperidine rings is 1. The van der Waals surface area contributed by atoms with Crippen LogP contribution in [0.2, 0.25) is 0 Å². The summed E-state index contributed by atoms with van der Waals surface area (Å²) < 4.78 is 24.5. The third kappa shape index (κ3) is 4.58. The number of hydrogen-bond donors (Lipinski definition) is 1. The van der Waals surface area contributed by atoms with Crippen LogP contribution in [0.15, 0.2) is 0 Å². The fraction of sp³-hybridized carbons (Fsp3) is 0.917. The predicted octanol–water partition coefficient (Wildman–Crippen LogP) is -0.0983. The van der Waals surface area contributed by atoms with Gasteiger partial charge in [0.1, 0.15) is 0 Å². The van der Waals surface area contributed by atoms with Crippen LogP contribution >= 0.6 is 12.4 Å². The van der Waals surface area contributed by atoms with Crippen LogP contribution in [0.5, 0.6) is 0 Å². The van der Waals surface area contributed by atoms with Gasteiger partial charge in [0.25, 0.3) is 0 Å². The zero-order chi connectivity index (χ0) is 13.9. The summed E-state index contributed by atoms with van der Waals surface area (Å²) in [7, 11) is -3.14. The summed E-state index contributed by atoms with van der Waals surface area (Å²) in [5.74, 6) is 0.251. The first-order valence-corrected chi connectivity index (χ1v) is 8.78. The Hall–Kier alpha value is -0.370. The molecule has 2 fully saturated rings. The van der Waals surface area contributed by atoms with Crippen LogP contribution in [-0.2, 0) is 14.8 Å². The molecule has 0 aliphatic carbocycles. The van der Waals surface area contributed by atoms with E-state index < -0.39 is 10.0 Å². The van der Waals surface area contributed by atoms with Crippen molar-refractivity contribution in [3.63, 3.8) is 0 Å². The van der Waals surface area contributed by atoms with E-state index in [1.54, 1.807) is 0 Å². The van der Waals surface area contributed by atoms with Gasteiger partial charge in [0, 0.05) is 32.7 Å². The van der Waals surface area contributed by atoms with Gasteiger partial charge in [-0.25, -0.2) is 12.7 Å². The second kappa shape index (κ2) is 7.59. The van der Waals surface area contributed by atoms with Crippen LogP contribution in [0.3, 0.4) is 0 Å². The molecule has 2 heterocycles. The van der Waals surface area contributed by atoms with Gasteiger partial charge >= 0.3 is 0 Å². The largest absolute Gasteiger partial charge is 0.341 e. The summed E-state index contributed by atoms with van der Waals surface area (Å²) in [5.41, 5.74) is 0. The summed E-state index contributed by atoms with van der Waals surface area (Å²) >= 11 is 0. The molecule has 2 aliphatic rings. The second-order valence-electron chi connectivity index (χ2n) is 5.38. The number of nitrogens with one attached hydrogen (secondary N) is 1. The normalized spacial score (nSPS) is 25.6. The molecule has 1 atom stereocenters. The van der Waals surface area contributed by atoms with Crippen LogP contribution in [0.1, 0.15) is 19.3 Å². The molecule has 0 bridgehead atoms. The topological polar surface area (TPSA) is 69.7 Å². The Bertz CT molecular complexity index is 424. The highest BCUT2D eigenvalue weighted by Gasteiger charge is 2.28. The quantitative estimate of drug-likeness (QED) is 0.770. The molecule has 1 N–H and O–H groups in total. The molecule has 118 valence electrons.